The molecule has 1 aliphatic rings. The van der Waals surface area contributed by atoms with E-state index >= 15 is 0 Å². The van der Waals surface area contributed by atoms with Gasteiger partial charge in [-0.1, -0.05) is 0 Å². The van der Waals surface area contributed by atoms with Gasteiger partial charge in [0.25, 0.3) is 5.91 Å². The molecule has 3 nitrogen and oxygen atoms in total. The number of carbonyl (C=O) groups excluding carboxylic acids is 1. The molecular formula is C14H19NO2S. The first-order valence-electron chi connectivity index (χ1n) is 6.12. The van der Waals surface area contributed by atoms with Gasteiger partial charge < -0.3 is 10.0 Å². The lowest BCUT2D eigenvalue weighted by molar-refractivity contribution is 0.0747. The van der Waals surface area contributed by atoms with Crippen LogP contribution in [0, 0.1) is 6.92 Å². The summed E-state index contributed by atoms with van der Waals surface area (Å²) in [5.74, 6) is 1.26. The molecule has 1 heterocycles. The Labute approximate surface area is 112 Å². The van der Waals surface area contributed by atoms with Gasteiger partial charge in [0.05, 0.1) is 0 Å². The molecule has 18 heavy (non-hydrogen) atoms. The van der Waals surface area contributed by atoms with Gasteiger partial charge in [0.1, 0.15) is 5.75 Å². The molecule has 2 rings (SSSR count). The molecule has 0 aliphatic carbocycles. The van der Waals surface area contributed by atoms with E-state index in [1.165, 1.54) is 0 Å². The number of nitrogens with zero attached hydrogens (tertiary/aromatic N) is 1. The second kappa shape index (κ2) is 4.84. The lowest BCUT2D eigenvalue weighted by Crippen LogP contribution is -2.46. The van der Waals surface area contributed by atoms with Gasteiger partial charge in [-0.25, -0.2) is 0 Å². The van der Waals surface area contributed by atoms with Crippen molar-refractivity contribution in [3.05, 3.63) is 29.3 Å². The molecule has 1 N–H and O–H groups in total. The van der Waals surface area contributed by atoms with Crippen molar-refractivity contribution in [2.75, 3.05) is 18.8 Å². The molecule has 1 amide bonds. The molecule has 0 bridgehead atoms. The SMILES string of the molecule is Cc1cc(O)ccc1C(=O)N1CCSC(C)(C)C1. The van der Waals surface area contributed by atoms with Crippen LogP contribution in [0.1, 0.15) is 29.8 Å². The number of phenols is 1. The predicted octanol–water partition coefficient (Wildman–Crippen LogP) is 2.67. The summed E-state index contributed by atoms with van der Waals surface area (Å²) in [6, 6.07) is 4.92. The van der Waals surface area contributed by atoms with E-state index in [0.717, 1.165) is 24.4 Å². The van der Waals surface area contributed by atoms with E-state index in [0.29, 0.717) is 5.56 Å². The molecular weight excluding hydrogens is 246 g/mol. The number of phenolic OH excluding ortho intramolecular Hbond substituents is 1. The third kappa shape index (κ3) is 2.80. The maximum absolute atomic E-state index is 12.5. The molecule has 1 aromatic carbocycles. The molecule has 0 atom stereocenters. The van der Waals surface area contributed by atoms with Gasteiger partial charge in [0, 0.05) is 29.2 Å². The van der Waals surface area contributed by atoms with Crippen molar-refractivity contribution in [2.45, 2.75) is 25.5 Å². The van der Waals surface area contributed by atoms with E-state index in [4.69, 9.17) is 0 Å². The number of hydrogen-bond donors (Lipinski definition) is 1. The van der Waals surface area contributed by atoms with Crippen LogP contribution in [-0.4, -0.2) is 39.5 Å². The van der Waals surface area contributed by atoms with E-state index < -0.39 is 0 Å². The predicted molar refractivity (Wildman–Crippen MR) is 75.3 cm³/mol. The quantitative estimate of drug-likeness (QED) is 0.848. The van der Waals surface area contributed by atoms with E-state index in [2.05, 4.69) is 13.8 Å². The largest absolute Gasteiger partial charge is 0.508 e. The summed E-state index contributed by atoms with van der Waals surface area (Å²) in [5, 5.41) is 9.38. The highest BCUT2D eigenvalue weighted by atomic mass is 32.2. The van der Waals surface area contributed by atoms with Crippen molar-refractivity contribution >= 4 is 17.7 Å². The number of hydrogen-bond acceptors (Lipinski definition) is 3. The van der Waals surface area contributed by atoms with Gasteiger partial charge in [-0.15, -0.1) is 0 Å². The molecule has 0 radical (unpaired) electrons. The Kier molecular flexibility index (Phi) is 3.57. The summed E-state index contributed by atoms with van der Waals surface area (Å²) >= 11 is 1.91. The van der Waals surface area contributed by atoms with Crippen molar-refractivity contribution in [3.63, 3.8) is 0 Å². The molecule has 0 aromatic heterocycles. The lowest BCUT2D eigenvalue weighted by Gasteiger charge is -2.37. The van der Waals surface area contributed by atoms with E-state index in [1.807, 2.05) is 23.6 Å². The fraction of sp³-hybridized carbons (Fsp3) is 0.500. The van der Waals surface area contributed by atoms with E-state index in [1.54, 1.807) is 18.2 Å². The van der Waals surface area contributed by atoms with Gasteiger partial charge in [-0.2, -0.15) is 11.8 Å². The fourth-order valence-electron chi connectivity index (χ4n) is 2.25. The highest BCUT2D eigenvalue weighted by Crippen LogP contribution is 2.30. The van der Waals surface area contributed by atoms with Crippen LogP contribution in [0.25, 0.3) is 0 Å². The standard InChI is InChI=1S/C14H19NO2S/c1-10-8-11(16)4-5-12(10)13(17)15-6-7-18-14(2,3)9-15/h4-5,8,16H,6-7,9H2,1-3H3. The molecule has 0 unspecified atom stereocenters. The second-order valence-electron chi connectivity index (χ2n) is 5.33. The third-order valence-electron chi connectivity index (χ3n) is 3.15. The first-order chi connectivity index (χ1) is 8.39. The van der Waals surface area contributed by atoms with Crippen molar-refractivity contribution in [2.24, 2.45) is 0 Å². The maximum atomic E-state index is 12.5. The zero-order valence-electron chi connectivity index (χ0n) is 11.1. The van der Waals surface area contributed by atoms with Crippen LogP contribution in [0.3, 0.4) is 0 Å². The minimum absolute atomic E-state index is 0.0703. The fourth-order valence-corrected chi connectivity index (χ4v) is 3.36. The summed E-state index contributed by atoms with van der Waals surface area (Å²) in [6.45, 7) is 7.77. The monoisotopic (exact) mass is 265 g/mol. The number of rotatable bonds is 1. The van der Waals surface area contributed by atoms with Gasteiger partial charge >= 0.3 is 0 Å². The average molecular weight is 265 g/mol. The minimum Gasteiger partial charge on any atom is -0.508 e. The lowest BCUT2D eigenvalue weighted by atomic mass is 10.1. The van der Waals surface area contributed by atoms with Crippen molar-refractivity contribution in [1.82, 2.24) is 4.90 Å². The Morgan fingerprint density at radius 2 is 2.17 bits per heavy atom. The zero-order valence-corrected chi connectivity index (χ0v) is 11.9. The first-order valence-corrected chi connectivity index (χ1v) is 7.10. The zero-order chi connectivity index (χ0) is 13.3. The van der Waals surface area contributed by atoms with Crippen molar-refractivity contribution < 1.29 is 9.90 Å². The smallest absolute Gasteiger partial charge is 0.254 e. The van der Waals surface area contributed by atoms with Crippen LogP contribution in [-0.2, 0) is 0 Å². The highest BCUT2D eigenvalue weighted by Gasteiger charge is 2.30. The number of amides is 1. The van der Waals surface area contributed by atoms with E-state index in [9.17, 15) is 9.90 Å². The Morgan fingerprint density at radius 3 is 2.78 bits per heavy atom. The summed E-state index contributed by atoms with van der Waals surface area (Å²) in [6.07, 6.45) is 0. The Bertz CT molecular complexity index is 471. The summed E-state index contributed by atoms with van der Waals surface area (Å²) in [5.41, 5.74) is 1.52. The van der Waals surface area contributed by atoms with Crippen LogP contribution in [0.2, 0.25) is 0 Å². The highest BCUT2D eigenvalue weighted by molar-refractivity contribution is 8.00. The molecule has 1 aliphatic heterocycles. The number of thioether (sulfide) groups is 1. The van der Waals surface area contributed by atoms with E-state index in [-0.39, 0.29) is 16.4 Å². The molecule has 0 saturated carbocycles. The summed E-state index contributed by atoms with van der Waals surface area (Å²) in [4.78, 5) is 14.4. The third-order valence-corrected chi connectivity index (χ3v) is 4.45. The number of carbonyl (C=O) groups is 1. The summed E-state index contributed by atoms with van der Waals surface area (Å²) in [7, 11) is 0. The Balaban J connectivity index is 2.20. The molecule has 0 spiro atoms. The molecule has 1 aromatic rings. The number of benzene rings is 1. The van der Waals surface area contributed by atoms with Crippen molar-refractivity contribution in [3.8, 4) is 5.75 Å². The molecule has 1 fully saturated rings. The normalized spacial score (nSPS) is 18.7. The Hall–Kier alpha value is -1.16. The second-order valence-corrected chi connectivity index (χ2v) is 7.14. The van der Waals surface area contributed by atoms with Gasteiger partial charge in [0.15, 0.2) is 0 Å². The van der Waals surface area contributed by atoms with Gasteiger partial charge in [-0.3, -0.25) is 4.79 Å². The summed E-state index contributed by atoms with van der Waals surface area (Å²) < 4.78 is 0.124. The van der Waals surface area contributed by atoms with Crippen LogP contribution in [0.4, 0.5) is 0 Å². The van der Waals surface area contributed by atoms with Crippen LogP contribution >= 0.6 is 11.8 Å². The van der Waals surface area contributed by atoms with Gasteiger partial charge in [0.2, 0.25) is 0 Å². The average Bonchev–Trinajstić information content (AvgIpc) is 2.27. The van der Waals surface area contributed by atoms with Crippen molar-refractivity contribution in [1.29, 1.82) is 0 Å². The minimum atomic E-state index is 0.0703. The maximum Gasteiger partial charge on any atom is 0.254 e. The first kappa shape index (κ1) is 13.3. The van der Waals surface area contributed by atoms with Gasteiger partial charge in [-0.05, 0) is 44.5 Å². The molecule has 4 heteroatoms. The van der Waals surface area contributed by atoms with Crippen LogP contribution in [0.15, 0.2) is 18.2 Å². The van der Waals surface area contributed by atoms with Crippen LogP contribution in [0.5, 0.6) is 5.75 Å². The number of aromatic hydroxyl groups is 1. The topological polar surface area (TPSA) is 40.5 Å². The van der Waals surface area contributed by atoms with Crippen LogP contribution < -0.4 is 0 Å². The molecule has 1 saturated heterocycles. The molecule has 98 valence electrons. The number of aryl methyl sites for hydroxylation is 1. The Morgan fingerprint density at radius 1 is 1.44 bits per heavy atom.